The van der Waals surface area contributed by atoms with Gasteiger partial charge in [-0.15, -0.1) is 0 Å². The highest BCUT2D eigenvalue weighted by Crippen LogP contribution is 2.19. The number of carbonyl (C=O) groups is 1. The second kappa shape index (κ2) is 8.04. The number of pyridine rings is 1. The Morgan fingerprint density at radius 1 is 1.19 bits per heavy atom. The number of aromatic nitrogens is 1. The number of hydrogen-bond donors (Lipinski definition) is 0. The molecule has 4 heteroatoms. The van der Waals surface area contributed by atoms with E-state index in [9.17, 15) is 4.79 Å². The minimum absolute atomic E-state index is 0.342. The first kappa shape index (κ1) is 15.0. The molecule has 21 heavy (non-hydrogen) atoms. The summed E-state index contributed by atoms with van der Waals surface area (Å²) in [6.45, 7) is 2.79. The summed E-state index contributed by atoms with van der Waals surface area (Å²) in [6, 6.07) is 11.0. The minimum atomic E-state index is -0.342. The summed E-state index contributed by atoms with van der Waals surface area (Å²) in [4.78, 5) is 16.1. The van der Waals surface area contributed by atoms with Crippen LogP contribution >= 0.6 is 0 Å². The van der Waals surface area contributed by atoms with E-state index in [1.165, 1.54) is 0 Å². The lowest BCUT2D eigenvalue weighted by molar-refractivity contribution is 0.0496. The predicted molar refractivity (Wildman–Crippen MR) is 80.5 cm³/mol. The average molecular weight is 285 g/mol. The molecule has 0 atom stereocenters. The Hall–Kier alpha value is -2.36. The number of esters is 1. The second-order valence-corrected chi connectivity index (χ2v) is 4.53. The number of rotatable bonds is 7. The lowest BCUT2D eigenvalue weighted by Crippen LogP contribution is -2.09. The molecule has 0 radical (unpaired) electrons. The van der Waals surface area contributed by atoms with Crippen molar-refractivity contribution in [2.24, 2.45) is 0 Å². The summed E-state index contributed by atoms with van der Waals surface area (Å²) in [5.74, 6) is 0.225. The van der Waals surface area contributed by atoms with Gasteiger partial charge in [-0.3, -0.25) is 4.98 Å². The van der Waals surface area contributed by atoms with Gasteiger partial charge < -0.3 is 9.47 Å². The number of carbonyl (C=O) groups excluding carboxylic acids is 1. The highest BCUT2D eigenvalue weighted by Gasteiger charge is 2.12. The zero-order valence-electron chi connectivity index (χ0n) is 12.1. The van der Waals surface area contributed by atoms with Crippen molar-refractivity contribution in [3.8, 4) is 5.75 Å². The maximum Gasteiger partial charge on any atom is 0.341 e. The van der Waals surface area contributed by atoms with Gasteiger partial charge in [-0.05, 0) is 43.5 Å². The molecule has 4 nitrogen and oxygen atoms in total. The molecular weight excluding hydrogens is 266 g/mol. The van der Waals surface area contributed by atoms with Crippen molar-refractivity contribution >= 4 is 5.97 Å². The van der Waals surface area contributed by atoms with E-state index in [4.69, 9.17) is 9.47 Å². The zero-order valence-corrected chi connectivity index (χ0v) is 12.1. The standard InChI is InChI=1S/C17H19NO3/c1-2-20-16-10-4-3-9-15(16)17(19)21-12-6-8-14-7-5-11-18-13-14/h3-5,7,9-11,13H,2,6,8,12H2,1H3. The molecule has 0 spiro atoms. The molecule has 0 aliphatic heterocycles. The molecule has 2 rings (SSSR count). The molecular formula is C17H19NO3. The first-order valence-electron chi connectivity index (χ1n) is 7.09. The molecule has 0 saturated heterocycles. The van der Waals surface area contributed by atoms with Crippen LogP contribution in [0.5, 0.6) is 5.75 Å². The summed E-state index contributed by atoms with van der Waals surface area (Å²) >= 11 is 0. The van der Waals surface area contributed by atoms with Gasteiger partial charge in [0, 0.05) is 12.4 Å². The number of para-hydroxylation sites is 1. The average Bonchev–Trinajstić information content (AvgIpc) is 2.53. The molecule has 0 fully saturated rings. The number of nitrogens with zero attached hydrogens (tertiary/aromatic N) is 1. The second-order valence-electron chi connectivity index (χ2n) is 4.53. The van der Waals surface area contributed by atoms with Gasteiger partial charge in [-0.1, -0.05) is 18.2 Å². The van der Waals surface area contributed by atoms with E-state index in [-0.39, 0.29) is 5.97 Å². The van der Waals surface area contributed by atoms with Crippen molar-refractivity contribution in [2.45, 2.75) is 19.8 Å². The van der Waals surface area contributed by atoms with E-state index in [1.54, 1.807) is 24.4 Å². The molecule has 0 unspecified atom stereocenters. The fourth-order valence-corrected chi connectivity index (χ4v) is 1.98. The highest BCUT2D eigenvalue weighted by atomic mass is 16.5. The van der Waals surface area contributed by atoms with Gasteiger partial charge in [0.2, 0.25) is 0 Å². The Kier molecular flexibility index (Phi) is 5.76. The van der Waals surface area contributed by atoms with Crippen LogP contribution in [0.3, 0.4) is 0 Å². The summed E-state index contributed by atoms with van der Waals surface area (Å²) < 4.78 is 10.7. The van der Waals surface area contributed by atoms with Crippen molar-refractivity contribution in [2.75, 3.05) is 13.2 Å². The molecule has 1 heterocycles. The number of ether oxygens (including phenoxy) is 2. The lowest BCUT2D eigenvalue weighted by atomic mass is 10.2. The molecule has 0 bridgehead atoms. The van der Waals surface area contributed by atoms with Crippen LogP contribution in [0.15, 0.2) is 48.8 Å². The fourth-order valence-electron chi connectivity index (χ4n) is 1.98. The van der Waals surface area contributed by atoms with Crippen molar-refractivity contribution < 1.29 is 14.3 Å². The van der Waals surface area contributed by atoms with Crippen LogP contribution in [0.25, 0.3) is 0 Å². The van der Waals surface area contributed by atoms with Gasteiger partial charge in [-0.2, -0.15) is 0 Å². The third kappa shape index (κ3) is 4.60. The van der Waals surface area contributed by atoms with Crippen molar-refractivity contribution in [3.05, 3.63) is 59.9 Å². The molecule has 1 aromatic carbocycles. The Morgan fingerprint density at radius 3 is 2.81 bits per heavy atom. The molecule has 0 aliphatic carbocycles. The molecule has 110 valence electrons. The monoisotopic (exact) mass is 285 g/mol. The molecule has 1 aromatic heterocycles. The van der Waals surface area contributed by atoms with Crippen LogP contribution in [0, 0.1) is 0 Å². The maximum absolute atomic E-state index is 12.0. The van der Waals surface area contributed by atoms with Crippen LogP contribution in [0.4, 0.5) is 0 Å². The molecule has 2 aromatic rings. The Labute approximate surface area is 124 Å². The smallest absolute Gasteiger partial charge is 0.341 e. The number of benzene rings is 1. The topological polar surface area (TPSA) is 48.4 Å². The van der Waals surface area contributed by atoms with Crippen LogP contribution in [-0.2, 0) is 11.2 Å². The Morgan fingerprint density at radius 2 is 2.05 bits per heavy atom. The van der Waals surface area contributed by atoms with E-state index in [0.717, 1.165) is 18.4 Å². The Bertz CT molecular complexity index is 569. The first-order valence-corrected chi connectivity index (χ1v) is 7.09. The van der Waals surface area contributed by atoms with E-state index in [1.807, 2.05) is 31.3 Å². The zero-order chi connectivity index (χ0) is 14.9. The highest BCUT2D eigenvalue weighted by molar-refractivity contribution is 5.92. The predicted octanol–water partition coefficient (Wildman–Crippen LogP) is 3.27. The summed E-state index contributed by atoms with van der Waals surface area (Å²) in [7, 11) is 0. The van der Waals surface area contributed by atoms with Crippen LogP contribution < -0.4 is 4.74 Å². The number of aryl methyl sites for hydroxylation is 1. The van der Waals surface area contributed by atoms with Crippen molar-refractivity contribution in [1.82, 2.24) is 4.98 Å². The quantitative estimate of drug-likeness (QED) is 0.578. The molecule has 0 amide bonds. The van der Waals surface area contributed by atoms with Gasteiger partial charge in [0.25, 0.3) is 0 Å². The SMILES string of the molecule is CCOc1ccccc1C(=O)OCCCc1cccnc1. The third-order valence-electron chi connectivity index (χ3n) is 2.97. The molecule has 0 N–H and O–H groups in total. The van der Waals surface area contributed by atoms with E-state index >= 15 is 0 Å². The lowest BCUT2D eigenvalue weighted by Gasteiger charge is -2.09. The largest absolute Gasteiger partial charge is 0.493 e. The van der Waals surface area contributed by atoms with Crippen LogP contribution in [-0.4, -0.2) is 24.2 Å². The summed E-state index contributed by atoms with van der Waals surface area (Å²) in [6.07, 6.45) is 5.18. The van der Waals surface area contributed by atoms with Crippen LogP contribution in [0.2, 0.25) is 0 Å². The summed E-state index contributed by atoms with van der Waals surface area (Å²) in [5, 5.41) is 0. The van der Waals surface area contributed by atoms with Gasteiger partial charge in [-0.25, -0.2) is 4.79 Å². The molecule has 0 saturated carbocycles. The van der Waals surface area contributed by atoms with E-state index in [0.29, 0.717) is 24.5 Å². The van der Waals surface area contributed by atoms with Gasteiger partial charge in [0.1, 0.15) is 11.3 Å². The van der Waals surface area contributed by atoms with Crippen molar-refractivity contribution in [1.29, 1.82) is 0 Å². The fraction of sp³-hybridized carbons (Fsp3) is 0.294. The van der Waals surface area contributed by atoms with Gasteiger partial charge >= 0.3 is 5.97 Å². The van der Waals surface area contributed by atoms with Gasteiger partial charge in [0.05, 0.1) is 13.2 Å². The third-order valence-corrected chi connectivity index (χ3v) is 2.97. The minimum Gasteiger partial charge on any atom is -0.493 e. The van der Waals surface area contributed by atoms with E-state index < -0.39 is 0 Å². The Balaban J connectivity index is 1.82. The van der Waals surface area contributed by atoms with E-state index in [2.05, 4.69) is 4.98 Å². The normalized spacial score (nSPS) is 10.1. The van der Waals surface area contributed by atoms with Gasteiger partial charge in [0.15, 0.2) is 0 Å². The first-order chi connectivity index (χ1) is 10.3. The van der Waals surface area contributed by atoms with Crippen LogP contribution in [0.1, 0.15) is 29.3 Å². The maximum atomic E-state index is 12.0. The van der Waals surface area contributed by atoms with Crippen molar-refractivity contribution in [3.63, 3.8) is 0 Å². The summed E-state index contributed by atoms with van der Waals surface area (Å²) in [5.41, 5.74) is 1.61. The number of hydrogen-bond acceptors (Lipinski definition) is 4. The molecule has 0 aliphatic rings.